The SMILES string of the molecule is O=S(=O)(C(F)=CCC(F)(F)F)C(F)=CCC(F)(F)F. The molecular formula is C8H6F8O2S. The van der Waals surface area contributed by atoms with E-state index in [1.54, 1.807) is 0 Å². The van der Waals surface area contributed by atoms with Crippen LogP contribution in [0.5, 0.6) is 0 Å². The largest absolute Gasteiger partial charge is 0.392 e. The Morgan fingerprint density at radius 3 is 1.26 bits per heavy atom. The average molecular weight is 318 g/mol. The zero-order chi connectivity index (χ0) is 15.5. The van der Waals surface area contributed by atoms with E-state index >= 15 is 0 Å². The lowest BCUT2D eigenvalue weighted by Gasteiger charge is -2.04. The van der Waals surface area contributed by atoms with Gasteiger partial charge in [-0.05, 0) is 12.2 Å². The number of alkyl halides is 6. The quantitative estimate of drug-likeness (QED) is 0.736. The molecule has 0 rings (SSSR count). The van der Waals surface area contributed by atoms with E-state index in [1.165, 1.54) is 0 Å². The van der Waals surface area contributed by atoms with Crippen molar-refractivity contribution in [2.45, 2.75) is 25.2 Å². The van der Waals surface area contributed by atoms with E-state index in [-0.39, 0.29) is 0 Å². The highest BCUT2D eigenvalue weighted by Crippen LogP contribution is 2.27. The van der Waals surface area contributed by atoms with Gasteiger partial charge in [0.25, 0.3) is 9.84 Å². The highest BCUT2D eigenvalue weighted by Gasteiger charge is 2.31. The Morgan fingerprint density at radius 2 is 1.05 bits per heavy atom. The summed E-state index contributed by atoms with van der Waals surface area (Å²) in [7, 11) is -5.59. The van der Waals surface area contributed by atoms with Gasteiger partial charge < -0.3 is 0 Å². The van der Waals surface area contributed by atoms with Gasteiger partial charge in [-0.2, -0.15) is 35.1 Å². The molecule has 0 fully saturated rings. The molecule has 0 aromatic carbocycles. The summed E-state index contributed by atoms with van der Waals surface area (Å²) < 4.78 is 117. The van der Waals surface area contributed by atoms with Gasteiger partial charge in [0.1, 0.15) is 0 Å². The molecule has 0 amide bonds. The van der Waals surface area contributed by atoms with Crippen molar-refractivity contribution >= 4 is 9.84 Å². The Morgan fingerprint density at radius 1 is 0.789 bits per heavy atom. The Balaban J connectivity index is 5.07. The maximum Gasteiger partial charge on any atom is 0.392 e. The van der Waals surface area contributed by atoms with Crippen molar-refractivity contribution in [3.63, 3.8) is 0 Å². The third-order valence-electron chi connectivity index (χ3n) is 1.50. The molecule has 0 bridgehead atoms. The molecule has 0 atom stereocenters. The van der Waals surface area contributed by atoms with E-state index in [0.717, 1.165) is 0 Å². The third kappa shape index (κ3) is 7.13. The minimum absolute atomic E-state index is 0.476. The standard InChI is InChI=1S/C8H6F8O2S/c9-5(1-3-7(11,12)13)19(17,18)6(10)2-4-8(14,15)16/h1-2H,3-4H2. The van der Waals surface area contributed by atoms with Gasteiger partial charge in [0.05, 0.1) is 12.8 Å². The topological polar surface area (TPSA) is 34.1 Å². The Hall–Kier alpha value is -1.13. The summed E-state index contributed by atoms with van der Waals surface area (Å²) >= 11 is 0. The number of halogens is 8. The van der Waals surface area contributed by atoms with Crippen molar-refractivity contribution in [2.24, 2.45) is 0 Å². The highest BCUT2D eigenvalue weighted by atomic mass is 32.2. The predicted molar refractivity (Wildman–Crippen MR) is 48.6 cm³/mol. The Kier molecular flexibility index (Phi) is 5.53. The first-order chi connectivity index (χ1) is 8.26. The number of hydrogen-bond acceptors (Lipinski definition) is 2. The molecule has 0 saturated carbocycles. The summed E-state index contributed by atoms with van der Waals surface area (Å²) in [5, 5.41) is -5.00. The van der Waals surface area contributed by atoms with E-state index in [4.69, 9.17) is 0 Å². The van der Waals surface area contributed by atoms with Gasteiger partial charge in [0, 0.05) is 0 Å². The lowest BCUT2D eigenvalue weighted by atomic mass is 10.4. The van der Waals surface area contributed by atoms with Gasteiger partial charge in [-0.15, -0.1) is 0 Å². The van der Waals surface area contributed by atoms with Crippen LogP contribution in [-0.2, 0) is 9.84 Å². The van der Waals surface area contributed by atoms with Crippen LogP contribution in [0.3, 0.4) is 0 Å². The van der Waals surface area contributed by atoms with Crippen LogP contribution >= 0.6 is 0 Å². The lowest BCUT2D eigenvalue weighted by Crippen LogP contribution is -2.09. The highest BCUT2D eigenvalue weighted by molar-refractivity contribution is 7.98. The summed E-state index contributed by atoms with van der Waals surface area (Å²) in [5.74, 6) is 0. The van der Waals surface area contributed by atoms with E-state index < -0.39 is 57.5 Å². The average Bonchev–Trinajstić information content (AvgIpc) is 2.20. The fourth-order valence-electron chi connectivity index (χ4n) is 0.705. The molecule has 0 aliphatic rings. The molecule has 0 aliphatic carbocycles. The summed E-state index contributed by atoms with van der Waals surface area (Å²) in [6.07, 6.45) is -14.8. The Labute approximate surface area is 102 Å². The van der Waals surface area contributed by atoms with E-state index in [9.17, 15) is 43.5 Å². The molecule has 0 unspecified atom stereocenters. The monoisotopic (exact) mass is 318 g/mol. The van der Waals surface area contributed by atoms with Crippen LogP contribution < -0.4 is 0 Å². The molecule has 0 saturated heterocycles. The molecule has 0 aromatic rings. The first-order valence-electron chi connectivity index (χ1n) is 4.35. The van der Waals surface area contributed by atoms with Crippen LogP contribution in [0.4, 0.5) is 35.1 Å². The number of allylic oxidation sites excluding steroid dienone is 2. The normalized spacial score (nSPS) is 15.8. The van der Waals surface area contributed by atoms with Gasteiger partial charge in [-0.3, -0.25) is 0 Å². The summed E-state index contributed by atoms with van der Waals surface area (Å²) in [6, 6.07) is 0. The van der Waals surface area contributed by atoms with Crippen molar-refractivity contribution in [3.8, 4) is 0 Å². The molecule has 0 aromatic heterocycles. The second kappa shape index (κ2) is 5.88. The van der Waals surface area contributed by atoms with E-state index in [0.29, 0.717) is 0 Å². The fraction of sp³-hybridized carbons (Fsp3) is 0.500. The maximum atomic E-state index is 12.8. The predicted octanol–water partition coefficient (Wildman–Crippen LogP) is 3.93. The van der Waals surface area contributed by atoms with Crippen molar-refractivity contribution in [1.29, 1.82) is 0 Å². The van der Waals surface area contributed by atoms with Gasteiger partial charge >= 0.3 is 12.4 Å². The summed E-state index contributed by atoms with van der Waals surface area (Å²) in [6.45, 7) is 0. The molecule has 0 spiro atoms. The van der Waals surface area contributed by atoms with Crippen LogP contribution in [0.1, 0.15) is 12.8 Å². The smallest absolute Gasteiger partial charge is 0.214 e. The lowest BCUT2D eigenvalue weighted by molar-refractivity contribution is -0.126. The molecule has 2 nitrogen and oxygen atoms in total. The minimum atomic E-state index is -5.59. The second-order valence-electron chi connectivity index (χ2n) is 3.16. The maximum absolute atomic E-state index is 12.8. The van der Waals surface area contributed by atoms with Crippen molar-refractivity contribution in [2.75, 3.05) is 0 Å². The number of hydrogen-bond donors (Lipinski definition) is 0. The third-order valence-corrected chi connectivity index (χ3v) is 2.86. The van der Waals surface area contributed by atoms with Gasteiger partial charge in [-0.1, -0.05) is 0 Å². The van der Waals surface area contributed by atoms with E-state index in [2.05, 4.69) is 0 Å². The molecule has 0 N–H and O–H groups in total. The van der Waals surface area contributed by atoms with Gasteiger partial charge in [-0.25, -0.2) is 8.42 Å². The van der Waals surface area contributed by atoms with Crippen LogP contribution in [0.25, 0.3) is 0 Å². The van der Waals surface area contributed by atoms with Gasteiger partial charge in [0.2, 0.25) is 10.3 Å². The summed E-state index contributed by atoms with van der Waals surface area (Å²) in [4.78, 5) is 0. The summed E-state index contributed by atoms with van der Waals surface area (Å²) in [5.41, 5.74) is 0. The van der Waals surface area contributed by atoms with Crippen LogP contribution in [0, 0.1) is 0 Å². The van der Waals surface area contributed by atoms with Crippen LogP contribution in [0.2, 0.25) is 0 Å². The van der Waals surface area contributed by atoms with Crippen molar-refractivity contribution < 1.29 is 43.5 Å². The minimum Gasteiger partial charge on any atom is -0.214 e. The fourth-order valence-corrected chi connectivity index (χ4v) is 1.50. The molecule has 0 radical (unpaired) electrons. The second-order valence-corrected chi connectivity index (χ2v) is 4.95. The first kappa shape index (κ1) is 17.9. The van der Waals surface area contributed by atoms with E-state index in [1.807, 2.05) is 0 Å². The Bertz CT molecular complexity index is 430. The molecule has 11 heteroatoms. The molecule has 19 heavy (non-hydrogen) atoms. The van der Waals surface area contributed by atoms with Crippen molar-refractivity contribution in [1.82, 2.24) is 0 Å². The van der Waals surface area contributed by atoms with Gasteiger partial charge in [0.15, 0.2) is 0 Å². The van der Waals surface area contributed by atoms with Crippen LogP contribution in [0.15, 0.2) is 22.5 Å². The van der Waals surface area contributed by atoms with Crippen LogP contribution in [-0.4, -0.2) is 20.8 Å². The number of sulfone groups is 1. The molecule has 0 aliphatic heterocycles. The molecule has 0 heterocycles. The first-order valence-corrected chi connectivity index (χ1v) is 5.84. The molecular weight excluding hydrogens is 312 g/mol. The zero-order valence-corrected chi connectivity index (χ0v) is 9.63. The number of rotatable bonds is 4. The van der Waals surface area contributed by atoms with Crippen molar-refractivity contribution in [3.05, 3.63) is 22.5 Å². The zero-order valence-electron chi connectivity index (χ0n) is 8.82. The molecule has 112 valence electrons.